The fourth-order valence-corrected chi connectivity index (χ4v) is 4.55. The number of amides is 1. The van der Waals surface area contributed by atoms with Gasteiger partial charge in [0.1, 0.15) is 0 Å². The number of piperidine rings is 1. The van der Waals surface area contributed by atoms with Crippen LogP contribution < -0.4 is 10.5 Å². The first kappa shape index (κ1) is 19.9. The first-order valence-corrected chi connectivity index (χ1v) is 10.2. The lowest BCUT2D eigenvalue weighted by Crippen LogP contribution is -2.41. The number of imidazole rings is 1. The maximum absolute atomic E-state index is 12.9. The minimum atomic E-state index is 0.0518. The Bertz CT molecular complexity index is 1050. The molecule has 6 nitrogen and oxygen atoms in total. The summed E-state index contributed by atoms with van der Waals surface area (Å²) in [6, 6.07) is 11.4. The molecule has 2 aromatic carbocycles. The van der Waals surface area contributed by atoms with E-state index in [9.17, 15) is 4.79 Å². The summed E-state index contributed by atoms with van der Waals surface area (Å²) >= 11 is 12.1. The van der Waals surface area contributed by atoms with Crippen LogP contribution in [-0.4, -0.2) is 40.6 Å². The van der Waals surface area contributed by atoms with Gasteiger partial charge in [0.05, 0.1) is 30.6 Å². The van der Waals surface area contributed by atoms with Crippen LogP contribution >= 0.6 is 23.2 Å². The fraction of sp³-hybridized carbons (Fsp3) is 0.333. The van der Waals surface area contributed by atoms with E-state index in [1.54, 1.807) is 25.3 Å². The number of carbonyl (C=O) groups is 1. The molecule has 1 aliphatic rings. The third-order valence-corrected chi connectivity index (χ3v) is 5.69. The topological polar surface area (TPSA) is 73.4 Å². The van der Waals surface area contributed by atoms with E-state index in [0.717, 1.165) is 36.0 Å². The average Bonchev–Trinajstić information content (AvgIpc) is 3.05. The summed E-state index contributed by atoms with van der Waals surface area (Å²) in [5.41, 5.74) is 9.22. The summed E-state index contributed by atoms with van der Waals surface area (Å²) in [5.74, 6) is 0.0518. The summed E-state index contributed by atoms with van der Waals surface area (Å²) in [6.45, 7) is 1.31. The van der Waals surface area contributed by atoms with Gasteiger partial charge in [-0.05, 0) is 54.8 Å². The van der Waals surface area contributed by atoms with Gasteiger partial charge < -0.3 is 15.4 Å². The number of methoxy groups -OCH3 is 1. The highest BCUT2D eigenvalue weighted by Crippen LogP contribution is 2.32. The first-order chi connectivity index (χ1) is 13.9. The van der Waals surface area contributed by atoms with Crippen molar-refractivity contribution in [2.24, 2.45) is 0 Å². The number of nitrogen functional groups attached to an aromatic ring is 1. The monoisotopic (exact) mass is 432 g/mol. The van der Waals surface area contributed by atoms with E-state index in [4.69, 9.17) is 33.7 Å². The van der Waals surface area contributed by atoms with Crippen molar-refractivity contribution in [2.75, 3.05) is 25.9 Å². The summed E-state index contributed by atoms with van der Waals surface area (Å²) < 4.78 is 7.58. The van der Waals surface area contributed by atoms with Gasteiger partial charge in [-0.2, -0.15) is 4.98 Å². The molecule has 2 heterocycles. The number of halogens is 2. The minimum absolute atomic E-state index is 0.0518. The number of rotatable bonds is 4. The van der Waals surface area contributed by atoms with Crippen LogP contribution in [0.15, 0.2) is 36.4 Å². The molecule has 1 aliphatic heterocycles. The number of nitrogens with zero attached hydrogens (tertiary/aromatic N) is 3. The highest BCUT2D eigenvalue weighted by molar-refractivity contribution is 6.34. The summed E-state index contributed by atoms with van der Waals surface area (Å²) in [6.07, 6.45) is 2.10. The lowest BCUT2D eigenvalue weighted by atomic mass is 10.0. The number of fused-ring (bicyclic) bond motifs is 1. The van der Waals surface area contributed by atoms with E-state index in [2.05, 4.69) is 9.55 Å². The number of carbonyl (C=O) groups excluding carboxylic acids is 1. The van der Waals surface area contributed by atoms with E-state index >= 15 is 0 Å². The Labute approximate surface area is 179 Å². The smallest absolute Gasteiger partial charge is 0.297 e. The van der Waals surface area contributed by atoms with Crippen LogP contribution in [0.3, 0.4) is 0 Å². The molecule has 0 aliphatic carbocycles. The normalized spacial score (nSPS) is 16.9. The Hall–Kier alpha value is -2.44. The summed E-state index contributed by atoms with van der Waals surface area (Å²) in [7, 11) is 1.61. The summed E-state index contributed by atoms with van der Waals surface area (Å²) in [5, 5.41) is 1.06. The van der Waals surface area contributed by atoms with Gasteiger partial charge in [0, 0.05) is 28.8 Å². The highest BCUT2D eigenvalue weighted by atomic mass is 35.5. The van der Waals surface area contributed by atoms with Crippen molar-refractivity contribution >= 4 is 45.8 Å². The van der Waals surface area contributed by atoms with Gasteiger partial charge in [0.15, 0.2) is 0 Å². The van der Waals surface area contributed by atoms with Crippen molar-refractivity contribution in [3.8, 4) is 6.01 Å². The molecule has 1 atom stereocenters. The Morgan fingerprint density at radius 3 is 2.72 bits per heavy atom. The van der Waals surface area contributed by atoms with Crippen molar-refractivity contribution in [3.63, 3.8) is 0 Å². The number of benzene rings is 2. The molecule has 1 fully saturated rings. The Kier molecular flexibility index (Phi) is 5.56. The molecule has 0 unspecified atom stereocenters. The Morgan fingerprint density at radius 2 is 2.00 bits per heavy atom. The molecule has 0 bridgehead atoms. The fourth-order valence-electron chi connectivity index (χ4n) is 3.98. The van der Waals surface area contributed by atoms with Crippen molar-refractivity contribution in [3.05, 3.63) is 52.0 Å². The number of ether oxygens (including phenoxy) is 1. The van der Waals surface area contributed by atoms with Gasteiger partial charge in [-0.25, -0.2) is 0 Å². The van der Waals surface area contributed by atoms with E-state index in [1.165, 1.54) is 0 Å². The van der Waals surface area contributed by atoms with E-state index in [0.29, 0.717) is 28.3 Å². The van der Waals surface area contributed by atoms with Crippen molar-refractivity contribution < 1.29 is 9.53 Å². The van der Waals surface area contributed by atoms with Crippen LogP contribution in [0.2, 0.25) is 10.0 Å². The standard InChI is InChI=1S/C21H22Cl2N4O2/c1-29-21-25-18-5-4-16(24)11-19(18)27(21)17-3-2-6-26(12-17)20(28)9-13-7-14(22)10-15(23)8-13/h4-5,7-8,10-11,17H,2-3,6,9,12,24H2,1H3/t17-/m0/s1. The number of hydrogen-bond donors (Lipinski definition) is 1. The SMILES string of the molecule is COc1nc2ccc(N)cc2n1[C@H]1CCCN(C(=O)Cc2cc(Cl)cc(Cl)c2)C1. The third-order valence-electron chi connectivity index (χ3n) is 5.26. The Morgan fingerprint density at radius 1 is 1.24 bits per heavy atom. The molecule has 152 valence electrons. The molecular weight excluding hydrogens is 411 g/mol. The average molecular weight is 433 g/mol. The van der Waals surface area contributed by atoms with Crippen LogP contribution in [0.25, 0.3) is 11.0 Å². The van der Waals surface area contributed by atoms with Gasteiger partial charge in [-0.1, -0.05) is 23.2 Å². The number of anilines is 1. The van der Waals surface area contributed by atoms with Crippen LogP contribution in [0.1, 0.15) is 24.4 Å². The second-order valence-corrected chi connectivity index (χ2v) is 8.18. The molecule has 29 heavy (non-hydrogen) atoms. The van der Waals surface area contributed by atoms with Crippen molar-refractivity contribution in [1.82, 2.24) is 14.5 Å². The molecule has 1 amide bonds. The van der Waals surface area contributed by atoms with Crippen molar-refractivity contribution in [2.45, 2.75) is 25.3 Å². The molecule has 0 radical (unpaired) electrons. The van der Waals surface area contributed by atoms with Gasteiger partial charge in [-0.3, -0.25) is 9.36 Å². The highest BCUT2D eigenvalue weighted by Gasteiger charge is 2.28. The molecule has 1 saturated heterocycles. The zero-order valence-electron chi connectivity index (χ0n) is 16.1. The zero-order chi connectivity index (χ0) is 20.5. The molecule has 4 rings (SSSR count). The largest absolute Gasteiger partial charge is 0.468 e. The van der Waals surface area contributed by atoms with Crippen LogP contribution in [0.4, 0.5) is 5.69 Å². The Balaban J connectivity index is 1.58. The van der Waals surface area contributed by atoms with Crippen LogP contribution in [0, 0.1) is 0 Å². The van der Waals surface area contributed by atoms with Gasteiger partial charge in [0.25, 0.3) is 6.01 Å². The lowest BCUT2D eigenvalue weighted by molar-refractivity contribution is -0.132. The second kappa shape index (κ2) is 8.13. The molecule has 2 N–H and O–H groups in total. The van der Waals surface area contributed by atoms with Crippen LogP contribution in [-0.2, 0) is 11.2 Å². The molecule has 3 aromatic rings. The van der Waals surface area contributed by atoms with Crippen molar-refractivity contribution in [1.29, 1.82) is 0 Å². The van der Waals surface area contributed by atoms with E-state index < -0.39 is 0 Å². The first-order valence-electron chi connectivity index (χ1n) is 9.49. The van der Waals surface area contributed by atoms with E-state index in [1.807, 2.05) is 23.1 Å². The lowest BCUT2D eigenvalue weighted by Gasteiger charge is -2.34. The molecule has 0 spiro atoms. The minimum Gasteiger partial charge on any atom is -0.468 e. The van der Waals surface area contributed by atoms with E-state index in [-0.39, 0.29) is 18.4 Å². The van der Waals surface area contributed by atoms with Gasteiger partial charge in [0.2, 0.25) is 5.91 Å². The quantitative estimate of drug-likeness (QED) is 0.622. The second-order valence-electron chi connectivity index (χ2n) is 7.31. The number of aromatic nitrogens is 2. The molecule has 8 heteroatoms. The van der Waals surface area contributed by atoms with Gasteiger partial charge >= 0.3 is 0 Å². The molecule has 0 saturated carbocycles. The number of hydrogen-bond acceptors (Lipinski definition) is 4. The number of nitrogens with two attached hydrogens (primary N) is 1. The van der Waals surface area contributed by atoms with Crippen LogP contribution in [0.5, 0.6) is 6.01 Å². The third kappa shape index (κ3) is 4.14. The maximum Gasteiger partial charge on any atom is 0.297 e. The molecule has 1 aromatic heterocycles. The molecular formula is C21H22Cl2N4O2. The predicted octanol–water partition coefficient (Wildman–Crippen LogP) is 4.34. The predicted molar refractivity (Wildman–Crippen MR) is 116 cm³/mol. The summed E-state index contributed by atoms with van der Waals surface area (Å²) in [4.78, 5) is 19.4. The number of likely N-dealkylation sites (tertiary alicyclic amines) is 1. The maximum atomic E-state index is 12.9. The zero-order valence-corrected chi connectivity index (χ0v) is 17.6. The van der Waals surface area contributed by atoms with Gasteiger partial charge in [-0.15, -0.1) is 0 Å².